The summed E-state index contributed by atoms with van der Waals surface area (Å²) in [6.45, 7) is -1.63. The van der Waals surface area contributed by atoms with Gasteiger partial charge in [-0.15, -0.1) is 0 Å². The standard InChI is InChI=1S/C12H16F3N3O2/c13-12(14,15)8-18(4-5-19)7-9-2-1-3-10(6-9)11(20)17-16/h1-3,6,19H,4-5,7-8,16H2,(H,17,20). The first-order chi connectivity index (χ1) is 9.35. The maximum absolute atomic E-state index is 12.4. The number of hydrogen-bond donors (Lipinski definition) is 3. The van der Waals surface area contributed by atoms with E-state index >= 15 is 0 Å². The lowest BCUT2D eigenvalue weighted by Crippen LogP contribution is -2.36. The number of nitrogens with zero attached hydrogens (tertiary/aromatic N) is 1. The fourth-order valence-electron chi connectivity index (χ4n) is 1.76. The number of hydrogen-bond acceptors (Lipinski definition) is 4. The molecule has 1 rings (SSSR count). The largest absolute Gasteiger partial charge is 0.401 e. The highest BCUT2D eigenvalue weighted by Gasteiger charge is 2.30. The second-order valence-electron chi connectivity index (χ2n) is 4.22. The summed E-state index contributed by atoms with van der Waals surface area (Å²) in [5, 5.41) is 8.80. The Morgan fingerprint density at radius 3 is 2.65 bits per heavy atom. The number of nitrogens with one attached hydrogen (secondary N) is 1. The average Bonchev–Trinajstić information content (AvgIpc) is 2.36. The first-order valence-corrected chi connectivity index (χ1v) is 5.85. The first-order valence-electron chi connectivity index (χ1n) is 5.85. The van der Waals surface area contributed by atoms with Crippen molar-refractivity contribution in [1.82, 2.24) is 10.3 Å². The molecule has 20 heavy (non-hydrogen) atoms. The molecular weight excluding hydrogens is 275 g/mol. The van der Waals surface area contributed by atoms with Gasteiger partial charge in [-0.25, -0.2) is 5.84 Å². The molecule has 0 heterocycles. The first kappa shape index (κ1) is 16.4. The highest BCUT2D eigenvalue weighted by Crippen LogP contribution is 2.18. The lowest BCUT2D eigenvalue weighted by atomic mass is 10.1. The third kappa shape index (κ3) is 5.55. The number of benzene rings is 1. The summed E-state index contributed by atoms with van der Waals surface area (Å²) in [6.07, 6.45) is -4.35. The molecule has 0 aliphatic rings. The lowest BCUT2D eigenvalue weighted by Gasteiger charge is -2.22. The number of halogens is 3. The average molecular weight is 291 g/mol. The van der Waals surface area contributed by atoms with Crippen molar-refractivity contribution in [3.8, 4) is 0 Å². The fourth-order valence-corrected chi connectivity index (χ4v) is 1.76. The van der Waals surface area contributed by atoms with Crippen LogP contribution in [0.4, 0.5) is 13.2 Å². The van der Waals surface area contributed by atoms with E-state index in [1.54, 1.807) is 12.1 Å². The summed E-state index contributed by atoms with van der Waals surface area (Å²) in [6, 6.07) is 6.13. The Morgan fingerprint density at radius 2 is 2.10 bits per heavy atom. The summed E-state index contributed by atoms with van der Waals surface area (Å²) in [7, 11) is 0. The quantitative estimate of drug-likeness (QED) is 0.408. The maximum Gasteiger partial charge on any atom is 0.401 e. The Morgan fingerprint density at radius 1 is 1.40 bits per heavy atom. The lowest BCUT2D eigenvalue weighted by molar-refractivity contribution is -0.147. The van der Waals surface area contributed by atoms with Crippen molar-refractivity contribution < 1.29 is 23.1 Å². The van der Waals surface area contributed by atoms with E-state index in [-0.39, 0.29) is 25.3 Å². The predicted molar refractivity (Wildman–Crippen MR) is 66.5 cm³/mol. The molecule has 0 aliphatic carbocycles. The van der Waals surface area contributed by atoms with Crippen molar-refractivity contribution in [2.45, 2.75) is 12.7 Å². The zero-order chi connectivity index (χ0) is 15.2. The van der Waals surface area contributed by atoms with E-state index < -0.39 is 18.6 Å². The van der Waals surface area contributed by atoms with Crippen LogP contribution < -0.4 is 11.3 Å². The number of aliphatic hydroxyl groups is 1. The van der Waals surface area contributed by atoms with Crippen LogP contribution in [0.1, 0.15) is 15.9 Å². The van der Waals surface area contributed by atoms with Gasteiger partial charge < -0.3 is 5.11 Å². The third-order valence-corrected chi connectivity index (χ3v) is 2.55. The van der Waals surface area contributed by atoms with Gasteiger partial charge in [-0.3, -0.25) is 15.1 Å². The zero-order valence-electron chi connectivity index (χ0n) is 10.7. The maximum atomic E-state index is 12.4. The van der Waals surface area contributed by atoms with Crippen molar-refractivity contribution in [3.63, 3.8) is 0 Å². The smallest absolute Gasteiger partial charge is 0.395 e. The summed E-state index contributed by atoms with van der Waals surface area (Å²) in [4.78, 5) is 12.4. The van der Waals surface area contributed by atoms with Crippen LogP contribution in [0.3, 0.4) is 0 Å². The van der Waals surface area contributed by atoms with Gasteiger partial charge in [-0.05, 0) is 17.7 Å². The van der Waals surface area contributed by atoms with Gasteiger partial charge in [0, 0.05) is 18.7 Å². The molecule has 0 radical (unpaired) electrons. The van der Waals surface area contributed by atoms with Crippen LogP contribution in [0.25, 0.3) is 0 Å². The minimum Gasteiger partial charge on any atom is -0.395 e. The number of nitrogen functional groups attached to an aromatic ring is 1. The molecule has 0 aliphatic heterocycles. The highest BCUT2D eigenvalue weighted by molar-refractivity contribution is 5.93. The van der Waals surface area contributed by atoms with Gasteiger partial charge >= 0.3 is 6.18 Å². The molecule has 0 aromatic heterocycles. The molecule has 0 saturated carbocycles. The number of carbonyl (C=O) groups excluding carboxylic acids is 1. The summed E-state index contributed by atoms with van der Waals surface area (Å²) < 4.78 is 37.2. The minimum absolute atomic E-state index is 0.0221. The molecule has 1 aromatic carbocycles. The number of carbonyl (C=O) groups is 1. The Hall–Kier alpha value is -1.64. The molecule has 0 saturated heterocycles. The van der Waals surface area contributed by atoms with E-state index in [1.165, 1.54) is 12.1 Å². The Bertz CT molecular complexity index is 452. The number of aliphatic hydroxyl groups excluding tert-OH is 1. The van der Waals surface area contributed by atoms with Gasteiger partial charge in [0.15, 0.2) is 0 Å². The number of hydrazine groups is 1. The number of alkyl halides is 3. The van der Waals surface area contributed by atoms with Gasteiger partial charge in [-0.1, -0.05) is 12.1 Å². The van der Waals surface area contributed by atoms with Crippen LogP contribution in [0.2, 0.25) is 0 Å². The second-order valence-corrected chi connectivity index (χ2v) is 4.22. The molecule has 1 amide bonds. The van der Waals surface area contributed by atoms with Crippen LogP contribution in [-0.2, 0) is 6.54 Å². The molecule has 0 bridgehead atoms. The molecule has 0 atom stereocenters. The van der Waals surface area contributed by atoms with Gasteiger partial charge in [0.25, 0.3) is 5.91 Å². The Labute approximate surface area is 114 Å². The summed E-state index contributed by atoms with van der Waals surface area (Å²) in [5.74, 6) is 4.48. The van der Waals surface area contributed by atoms with Crippen molar-refractivity contribution in [3.05, 3.63) is 35.4 Å². The fraction of sp³-hybridized carbons (Fsp3) is 0.417. The third-order valence-electron chi connectivity index (χ3n) is 2.55. The number of amides is 1. The molecule has 112 valence electrons. The van der Waals surface area contributed by atoms with Crippen LogP contribution in [0, 0.1) is 0 Å². The minimum atomic E-state index is -4.35. The van der Waals surface area contributed by atoms with Crippen LogP contribution in [0.5, 0.6) is 0 Å². The van der Waals surface area contributed by atoms with Crippen molar-refractivity contribution in [2.75, 3.05) is 19.7 Å². The molecule has 0 fully saturated rings. The number of nitrogens with two attached hydrogens (primary N) is 1. The van der Waals surface area contributed by atoms with E-state index in [0.717, 1.165) is 4.90 Å². The van der Waals surface area contributed by atoms with Gasteiger partial charge in [0.2, 0.25) is 0 Å². The van der Waals surface area contributed by atoms with E-state index in [0.29, 0.717) is 5.56 Å². The summed E-state index contributed by atoms with van der Waals surface area (Å²) in [5.41, 5.74) is 2.75. The van der Waals surface area contributed by atoms with E-state index in [1.807, 2.05) is 5.43 Å². The van der Waals surface area contributed by atoms with Gasteiger partial charge in [-0.2, -0.15) is 13.2 Å². The topological polar surface area (TPSA) is 78.6 Å². The van der Waals surface area contributed by atoms with E-state index in [4.69, 9.17) is 10.9 Å². The molecular formula is C12H16F3N3O2. The SMILES string of the molecule is NNC(=O)c1cccc(CN(CCO)CC(F)(F)F)c1. The highest BCUT2D eigenvalue weighted by atomic mass is 19.4. The summed E-state index contributed by atoms with van der Waals surface area (Å²) >= 11 is 0. The Balaban J connectivity index is 2.80. The molecule has 5 nitrogen and oxygen atoms in total. The monoisotopic (exact) mass is 291 g/mol. The van der Waals surface area contributed by atoms with Crippen LogP contribution >= 0.6 is 0 Å². The van der Waals surface area contributed by atoms with Crippen LogP contribution in [0.15, 0.2) is 24.3 Å². The number of rotatable bonds is 6. The van der Waals surface area contributed by atoms with Crippen molar-refractivity contribution in [1.29, 1.82) is 0 Å². The normalized spacial score (nSPS) is 11.7. The zero-order valence-corrected chi connectivity index (χ0v) is 10.7. The molecule has 4 N–H and O–H groups in total. The predicted octanol–water partition coefficient (Wildman–Crippen LogP) is 0.647. The van der Waals surface area contributed by atoms with Gasteiger partial charge in [0.1, 0.15) is 0 Å². The van der Waals surface area contributed by atoms with Gasteiger partial charge in [0.05, 0.1) is 13.2 Å². The molecule has 0 spiro atoms. The van der Waals surface area contributed by atoms with E-state index in [2.05, 4.69) is 0 Å². The Kier molecular flexibility index (Phi) is 5.93. The van der Waals surface area contributed by atoms with Crippen molar-refractivity contribution >= 4 is 5.91 Å². The molecule has 1 aromatic rings. The van der Waals surface area contributed by atoms with Crippen LogP contribution in [-0.4, -0.2) is 41.8 Å². The second kappa shape index (κ2) is 7.22. The van der Waals surface area contributed by atoms with E-state index in [9.17, 15) is 18.0 Å². The molecule has 8 heteroatoms. The molecule has 0 unspecified atom stereocenters. The van der Waals surface area contributed by atoms with Crippen molar-refractivity contribution in [2.24, 2.45) is 5.84 Å².